The Balaban J connectivity index is 2.25. The fourth-order valence-corrected chi connectivity index (χ4v) is 11.0. The summed E-state index contributed by atoms with van der Waals surface area (Å²) in [5.74, 6) is -0.709. The molecule has 81 heavy (non-hydrogen) atoms. The van der Waals surface area contributed by atoms with Crippen molar-refractivity contribution in [3.63, 3.8) is 0 Å². The van der Waals surface area contributed by atoms with Gasteiger partial charge in [0.15, 0.2) is 6.29 Å². The summed E-state index contributed by atoms with van der Waals surface area (Å²) >= 11 is 0. The van der Waals surface area contributed by atoms with Gasteiger partial charge in [-0.1, -0.05) is 281 Å². The summed E-state index contributed by atoms with van der Waals surface area (Å²) in [6.07, 6.45) is 64.8. The van der Waals surface area contributed by atoms with Gasteiger partial charge in [0.05, 0.1) is 25.4 Å². The van der Waals surface area contributed by atoms with E-state index in [9.17, 15) is 40.5 Å². The molecule has 0 bridgehead atoms. The van der Waals surface area contributed by atoms with Crippen molar-refractivity contribution < 1.29 is 50.0 Å². The first-order valence-corrected chi connectivity index (χ1v) is 34.5. The van der Waals surface area contributed by atoms with Crippen LogP contribution in [0.4, 0.5) is 0 Å². The maximum atomic E-state index is 13.2. The zero-order valence-electron chi connectivity index (χ0n) is 52.5. The number of rotatable bonds is 60. The van der Waals surface area contributed by atoms with Gasteiger partial charge in [0.1, 0.15) is 36.6 Å². The standard InChI is InChI=1S/C70H131NO10/c1-3-5-7-9-11-13-15-17-19-21-23-25-27-29-31-32-34-36-38-40-42-44-46-48-50-52-54-56-58-63(74)69(79)71-61(60-80-70-68(78)67(77)66(76)64(59-72)81-70)65(75)62(73)57-55-53-51-49-47-45-43-41-39-37-35-33-30-28-26-24-22-20-18-16-14-12-10-8-6-4-2/h29,31,33,35,41,43,49,51,61-68,70,72-78H,3-28,30,32,34,36-40,42,44-48,50,52-60H2,1-2H3,(H,71,79)/b31-29-,35-33+,43-41+,51-49+. The molecule has 1 rings (SSSR count). The van der Waals surface area contributed by atoms with Crippen LogP contribution < -0.4 is 5.32 Å². The van der Waals surface area contributed by atoms with Gasteiger partial charge in [-0.15, -0.1) is 0 Å². The molecular weight excluding hydrogens is 1010 g/mol. The highest BCUT2D eigenvalue weighted by Gasteiger charge is 2.44. The molecule has 476 valence electrons. The Kier molecular flexibility index (Phi) is 55.6. The Hall–Kier alpha value is -1.93. The number of allylic oxidation sites excluding steroid dienone is 8. The summed E-state index contributed by atoms with van der Waals surface area (Å²) in [5, 5.41) is 76.4. The summed E-state index contributed by atoms with van der Waals surface area (Å²) < 4.78 is 11.2. The molecule has 0 radical (unpaired) electrons. The highest BCUT2D eigenvalue weighted by Crippen LogP contribution is 2.24. The van der Waals surface area contributed by atoms with Crippen LogP contribution in [-0.2, 0) is 14.3 Å². The van der Waals surface area contributed by atoms with Crippen molar-refractivity contribution in [3.8, 4) is 0 Å². The Morgan fingerprint density at radius 2 is 0.741 bits per heavy atom. The van der Waals surface area contributed by atoms with Crippen LogP contribution in [-0.4, -0.2) is 110 Å². The number of aliphatic hydroxyl groups is 7. The SMILES string of the molecule is CCCCCCCCCCCCCC/C=C\CCCCCCCCCCCCCCC(O)C(=O)NC(COC1OC(CO)C(O)C(O)C1O)C(O)C(O)CCC/C=C/CC/C=C/CC/C=C/CCCCCCCCCCCCCCC. The number of unbranched alkanes of at least 4 members (excludes halogenated alkanes) is 40. The Morgan fingerprint density at radius 3 is 1.10 bits per heavy atom. The minimum Gasteiger partial charge on any atom is -0.394 e. The number of aliphatic hydroxyl groups excluding tert-OH is 7. The van der Waals surface area contributed by atoms with E-state index in [1.54, 1.807) is 0 Å². The van der Waals surface area contributed by atoms with Crippen molar-refractivity contribution in [1.82, 2.24) is 5.32 Å². The first kappa shape index (κ1) is 77.1. The predicted molar refractivity (Wildman–Crippen MR) is 339 cm³/mol. The molecule has 1 aliphatic rings. The number of nitrogens with one attached hydrogen (secondary N) is 1. The molecule has 1 amide bonds. The fourth-order valence-electron chi connectivity index (χ4n) is 11.0. The molecule has 0 aromatic carbocycles. The smallest absolute Gasteiger partial charge is 0.249 e. The first-order chi connectivity index (χ1) is 39.7. The minimum absolute atomic E-state index is 0.241. The molecule has 1 heterocycles. The Labute approximate surface area is 498 Å². The molecule has 9 unspecified atom stereocenters. The molecule has 11 nitrogen and oxygen atoms in total. The number of carbonyl (C=O) groups is 1. The second-order valence-corrected chi connectivity index (χ2v) is 24.2. The van der Waals surface area contributed by atoms with Gasteiger partial charge in [-0.25, -0.2) is 0 Å². The third kappa shape index (κ3) is 46.0. The van der Waals surface area contributed by atoms with Gasteiger partial charge in [-0.05, 0) is 89.9 Å². The largest absolute Gasteiger partial charge is 0.394 e. The number of amides is 1. The second-order valence-electron chi connectivity index (χ2n) is 24.2. The van der Waals surface area contributed by atoms with E-state index in [4.69, 9.17) is 9.47 Å². The highest BCUT2D eigenvalue weighted by atomic mass is 16.7. The lowest BCUT2D eigenvalue weighted by atomic mass is 9.98. The van der Waals surface area contributed by atoms with Crippen molar-refractivity contribution in [2.24, 2.45) is 0 Å². The highest BCUT2D eigenvalue weighted by molar-refractivity contribution is 5.80. The van der Waals surface area contributed by atoms with E-state index in [1.165, 1.54) is 231 Å². The molecule has 0 aliphatic carbocycles. The molecule has 8 N–H and O–H groups in total. The van der Waals surface area contributed by atoms with Crippen molar-refractivity contribution >= 4 is 5.91 Å². The maximum Gasteiger partial charge on any atom is 0.249 e. The van der Waals surface area contributed by atoms with Gasteiger partial charge in [-0.3, -0.25) is 4.79 Å². The number of ether oxygens (including phenoxy) is 2. The molecule has 9 atom stereocenters. The van der Waals surface area contributed by atoms with Gasteiger partial charge < -0.3 is 50.5 Å². The fraction of sp³-hybridized carbons (Fsp3) is 0.871. The van der Waals surface area contributed by atoms with Crippen LogP contribution in [0.15, 0.2) is 48.6 Å². The average molecular weight is 1150 g/mol. The van der Waals surface area contributed by atoms with Crippen molar-refractivity contribution in [2.45, 2.75) is 377 Å². The molecule has 11 heteroatoms. The topological polar surface area (TPSA) is 189 Å². The molecule has 0 aromatic rings. The predicted octanol–water partition coefficient (Wildman–Crippen LogP) is 16.4. The van der Waals surface area contributed by atoms with Gasteiger partial charge >= 0.3 is 0 Å². The van der Waals surface area contributed by atoms with Crippen molar-refractivity contribution in [2.75, 3.05) is 13.2 Å². The first-order valence-electron chi connectivity index (χ1n) is 34.5. The summed E-state index contributed by atoms with van der Waals surface area (Å²) in [5.41, 5.74) is 0. The zero-order valence-corrected chi connectivity index (χ0v) is 52.5. The second kappa shape index (κ2) is 58.5. The normalized spacial score (nSPS) is 19.4. The van der Waals surface area contributed by atoms with Crippen LogP contribution in [0.25, 0.3) is 0 Å². The number of carbonyl (C=O) groups excluding carboxylic acids is 1. The molecular formula is C70H131NO10. The Morgan fingerprint density at radius 1 is 0.420 bits per heavy atom. The molecule has 1 aliphatic heterocycles. The van der Waals surface area contributed by atoms with Gasteiger partial charge in [-0.2, -0.15) is 0 Å². The van der Waals surface area contributed by atoms with Crippen LogP contribution in [0.5, 0.6) is 0 Å². The van der Waals surface area contributed by atoms with Crippen LogP contribution in [0.3, 0.4) is 0 Å². The molecule has 0 saturated carbocycles. The number of hydrogen-bond donors (Lipinski definition) is 8. The average Bonchev–Trinajstić information content (AvgIpc) is 3.51. The van der Waals surface area contributed by atoms with Crippen LogP contribution in [0.1, 0.15) is 322 Å². The van der Waals surface area contributed by atoms with E-state index in [-0.39, 0.29) is 12.8 Å². The van der Waals surface area contributed by atoms with E-state index in [2.05, 4.69) is 67.8 Å². The van der Waals surface area contributed by atoms with E-state index in [0.717, 1.165) is 44.9 Å². The minimum atomic E-state index is -1.67. The van der Waals surface area contributed by atoms with Crippen LogP contribution in [0, 0.1) is 0 Å². The summed E-state index contributed by atoms with van der Waals surface area (Å²) in [6, 6.07) is -1.20. The van der Waals surface area contributed by atoms with Gasteiger partial charge in [0, 0.05) is 0 Å². The van der Waals surface area contributed by atoms with Crippen LogP contribution in [0.2, 0.25) is 0 Å². The summed E-state index contributed by atoms with van der Waals surface area (Å²) in [4.78, 5) is 13.2. The van der Waals surface area contributed by atoms with E-state index in [1.807, 2.05) is 0 Å². The molecule has 0 spiro atoms. The summed E-state index contributed by atoms with van der Waals surface area (Å²) in [7, 11) is 0. The number of hydrogen-bond acceptors (Lipinski definition) is 10. The van der Waals surface area contributed by atoms with E-state index >= 15 is 0 Å². The van der Waals surface area contributed by atoms with Gasteiger partial charge in [0.25, 0.3) is 0 Å². The Bertz CT molecular complexity index is 1460. The maximum absolute atomic E-state index is 13.2. The molecule has 0 aromatic heterocycles. The van der Waals surface area contributed by atoms with E-state index < -0.39 is 74.2 Å². The quantitative estimate of drug-likeness (QED) is 0.0215. The van der Waals surface area contributed by atoms with Crippen molar-refractivity contribution in [1.29, 1.82) is 0 Å². The van der Waals surface area contributed by atoms with Crippen LogP contribution >= 0.6 is 0 Å². The monoisotopic (exact) mass is 1150 g/mol. The third-order valence-corrected chi connectivity index (χ3v) is 16.6. The molecule has 1 saturated heterocycles. The lowest BCUT2D eigenvalue weighted by molar-refractivity contribution is -0.303. The molecule has 1 fully saturated rings. The zero-order chi connectivity index (χ0) is 58.9. The van der Waals surface area contributed by atoms with Gasteiger partial charge in [0.2, 0.25) is 5.91 Å². The van der Waals surface area contributed by atoms with Crippen molar-refractivity contribution in [3.05, 3.63) is 48.6 Å². The lowest BCUT2D eigenvalue weighted by Gasteiger charge is -2.40. The lowest BCUT2D eigenvalue weighted by Crippen LogP contribution is -2.60. The third-order valence-electron chi connectivity index (χ3n) is 16.6. The summed E-state index contributed by atoms with van der Waals surface area (Å²) in [6.45, 7) is 3.48. The van der Waals surface area contributed by atoms with E-state index in [0.29, 0.717) is 19.3 Å².